The van der Waals surface area contributed by atoms with Crippen molar-refractivity contribution in [3.8, 4) is 0 Å². The van der Waals surface area contributed by atoms with E-state index >= 15 is 0 Å². The number of aromatic nitrogens is 1. The lowest BCUT2D eigenvalue weighted by atomic mass is 9.99. The van der Waals surface area contributed by atoms with Crippen molar-refractivity contribution in [1.29, 1.82) is 5.41 Å². The Labute approximate surface area is 166 Å². The quantitative estimate of drug-likeness (QED) is 0.337. The van der Waals surface area contributed by atoms with Gasteiger partial charge in [0.2, 0.25) is 0 Å². The number of allylic oxidation sites excluding steroid dienone is 2. The Bertz CT molecular complexity index is 867. The van der Waals surface area contributed by atoms with Crippen molar-refractivity contribution in [1.82, 2.24) is 15.3 Å². The van der Waals surface area contributed by atoms with Gasteiger partial charge in [0, 0.05) is 48.6 Å². The van der Waals surface area contributed by atoms with Gasteiger partial charge in [-0.25, -0.2) is 5.01 Å². The molecule has 6 N–H and O–H groups in total. The lowest BCUT2D eigenvalue weighted by Gasteiger charge is -2.17. The van der Waals surface area contributed by atoms with Crippen molar-refractivity contribution in [3.05, 3.63) is 89.0 Å². The summed E-state index contributed by atoms with van der Waals surface area (Å²) in [6, 6.07) is 12.2. The third-order valence-corrected chi connectivity index (χ3v) is 4.94. The molecule has 2 heterocycles. The Morgan fingerprint density at radius 3 is 2.64 bits per heavy atom. The van der Waals surface area contributed by atoms with Crippen LogP contribution in [-0.2, 0) is 6.42 Å². The van der Waals surface area contributed by atoms with E-state index in [9.17, 15) is 0 Å². The molecule has 0 spiro atoms. The van der Waals surface area contributed by atoms with Crippen LogP contribution >= 0.6 is 0 Å². The monoisotopic (exact) mass is 376 g/mol. The van der Waals surface area contributed by atoms with Gasteiger partial charge in [-0.15, -0.1) is 0 Å². The molecule has 1 saturated heterocycles. The van der Waals surface area contributed by atoms with E-state index in [-0.39, 0.29) is 6.04 Å². The standard InChI is InChI=1S/C22H28N6/c1-3-20(22(24)27-19-10-11-28(25)14-19)21(23)17-7-5-16(6-8-17)12-18-9-4-15(2)13-26-18/h3-9,13,19,23,27H,1,10-12,14,24-25H2,2H3/b22-20-,23-21?. The second kappa shape index (κ2) is 8.82. The first-order valence-corrected chi connectivity index (χ1v) is 9.44. The summed E-state index contributed by atoms with van der Waals surface area (Å²) in [5.41, 5.74) is 11.3. The van der Waals surface area contributed by atoms with Crippen LogP contribution in [0.1, 0.15) is 28.8 Å². The molecule has 1 unspecified atom stereocenters. The van der Waals surface area contributed by atoms with Crippen LogP contribution in [0.25, 0.3) is 0 Å². The highest BCUT2D eigenvalue weighted by atomic mass is 15.4. The van der Waals surface area contributed by atoms with Gasteiger partial charge < -0.3 is 11.1 Å². The highest BCUT2D eigenvalue weighted by Crippen LogP contribution is 2.15. The molecule has 1 aromatic carbocycles. The van der Waals surface area contributed by atoms with E-state index in [2.05, 4.69) is 22.9 Å². The van der Waals surface area contributed by atoms with E-state index < -0.39 is 0 Å². The normalized spacial score (nSPS) is 17.9. The van der Waals surface area contributed by atoms with Crippen LogP contribution in [0.2, 0.25) is 0 Å². The Balaban J connectivity index is 1.70. The summed E-state index contributed by atoms with van der Waals surface area (Å²) in [6.07, 6.45) is 5.20. The van der Waals surface area contributed by atoms with Crippen LogP contribution in [-0.4, -0.2) is 34.8 Å². The van der Waals surface area contributed by atoms with Crippen LogP contribution < -0.4 is 16.9 Å². The molecule has 6 heteroatoms. The van der Waals surface area contributed by atoms with Crippen LogP contribution in [0.15, 0.2) is 66.6 Å². The van der Waals surface area contributed by atoms with Crippen LogP contribution in [0.5, 0.6) is 0 Å². The fourth-order valence-corrected chi connectivity index (χ4v) is 3.31. The van der Waals surface area contributed by atoms with Crippen molar-refractivity contribution in [2.75, 3.05) is 13.1 Å². The minimum absolute atomic E-state index is 0.192. The lowest BCUT2D eigenvalue weighted by molar-refractivity contribution is 0.345. The van der Waals surface area contributed by atoms with Gasteiger partial charge in [0.05, 0.1) is 5.71 Å². The summed E-state index contributed by atoms with van der Waals surface area (Å²) in [7, 11) is 0. The fraction of sp³-hybridized carbons (Fsp3) is 0.273. The number of rotatable bonds is 7. The number of nitrogens with one attached hydrogen (secondary N) is 2. The van der Waals surface area contributed by atoms with Gasteiger partial charge in [-0.05, 0) is 30.5 Å². The number of hydrogen-bond donors (Lipinski definition) is 4. The third kappa shape index (κ3) is 4.85. The summed E-state index contributed by atoms with van der Waals surface area (Å²) in [5, 5.41) is 13.6. The Morgan fingerprint density at radius 2 is 2.07 bits per heavy atom. The minimum Gasteiger partial charge on any atom is -0.385 e. The second-order valence-corrected chi connectivity index (χ2v) is 7.23. The Hall–Kier alpha value is -2.96. The van der Waals surface area contributed by atoms with Crippen molar-refractivity contribution < 1.29 is 0 Å². The first kappa shape index (κ1) is 19.8. The first-order chi connectivity index (χ1) is 13.5. The smallest absolute Gasteiger partial charge is 0.106 e. The minimum atomic E-state index is 0.192. The number of hydrogen-bond acceptors (Lipinski definition) is 6. The molecule has 1 fully saturated rings. The van der Waals surface area contributed by atoms with Crippen molar-refractivity contribution in [2.24, 2.45) is 11.6 Å². The maximum Gasteiger partial charge on any atom is 0.106 e. The van der Waals surface area contributed by atoms with Gasteiger partial charge in [0.25, 0.3) is 0 Å². The zero-order valence-electron chi connectivity index (χ0n) is 16.3. The zero-order valence-corrected chi connectivity index (χ0v) is 16.3. The van der Waals surface area contributed by atoms with Crippen molar-refractivity contribution in [2.45, 2.75) is 25.8 Å². The number of aryl methyl sites for hydroxylation is 1. The molecule has 0 radical (unpaired) electrons. The molecule has 0 bridgehead atoms. The van der Waals surface area contributed by atoms with Crippen LogP contribution in [0, 0.1) is 12.3 Å². The summed E-state index contributed by atoms with van der Waals surface area (Å²) in [5.74, 6) is 6.27. The van der Waals surface area contributed by atoms with E-state index in [1.165, 1.54) is 0 Å². The molecule has 0 saturated carbocycles. The molecule has 2 aromatic rings. The number of pyridine rings is 1. The van der Waals surface area contributed by atoms with E-state index in [1.807, 2.05) is 43.5 Å². The Kier molecular flexibility index (Phi) is 6.23. The SMILES string of the molecule is C=C/C(C(=N)c1ccc(Cc2ccc(C)cn2)cc1)=C(\N)NC1CCN(N)C1. The average Bonchev–Trinajstić information content (AvgIpc) is 3.09. The highest BCUT2D eigenvalue weighted by molar-refractivity contribution is 6.12. The van der Waals surface area contributed by atoms with Gasteiger partial charge in [-0.3, -0.25) is 16.2 Å². The number of benzene rings is 1. The molecule has 1 aliphatic rings. The van der Waals surface area contributed by atoms with Gasteiger partial charge in [0.15, 0.2) is 0 Å². The molecule has 0 amide bonds. The third-order valence-electron chi connectivity index (χ3n) is 4.94. The molecular weight excluding hydrogens is 348 g/mol. The summed E-state index contributed by atoms with van der Waals surface area (Å²) in [4.78, 5) is 4.45. The topological polar surface area (TPSA) is 104 Å². The van der Waals surface area contributed by atoms with Crippen LogP contribution in [0.3, 0.4) is 0 Å². The van der Waals surface area contributed by atoms with E-state index in [1.54, 1.807) is 11.1 Å². The summed E-state index contributed by atoms with van der Waals surface area (Å²) < 4.78 is 0. The number of nitrogens with zero attached hydrogens (tertiary/aromatic N) is 2. The fourth-order valence-electron chi connectivity index (χ4n) is 3.31. The first-order valence-electron chi connectivity index (χ1n) is 9.44. The molecule has 3 rings (SSSR count). The van der Waals surface area contributed by atoms with Gasteiger partial charge in [0.1, 0.15) is 5.82 Å². The van der Waals surface area contributed by atoms with Crippen molar-refractivity contribution in [3.63, 3.8) is 0 Å². The molecular formula is C22H28N6. The van der Waals surface area contributed by atoms with E-state index in [4.69, 9.17) is 17.0 Å². The average molecular weight is 377 g/mol. The molecule has 146 valence electrons. The molecule has 1 atom stereocenters. The summed E-state index contributed by atoms with van der Waals surface area (Å²) >= 11 is 0. The van der Waals surface area contributed by atoms with Gasteiger partial charge in [-0.1, -0.05) is 43.0 Å². The van der Waals surface area contributed by atoms with Gasteiger partial charge in [-0.2, -0.15) is 0 Å². The largest absolute Gasteiger partial charge is 0.385 e. The number of hydrazine groups is 1. The van der Waals surface area contributed by atoms with Gasteiger partial charge >= 0.3 is 0 Å². The molecule has 1 aliphatic heterocycles. The predicted octanol–water partition coefficient (Wildman–Crippen LogP) is 2.24. The maximum absolute atomic E-state index is 8.55. The molecule has 6 nitrogen and oxygen atoms in total. The Morgan fingerprint density at radius 1 is 1.32 bits per heavy atom. The van der Waals surface area contributed by atoms with E-state index in [0.29, 0.717) is 17.1 Å². The molecule has 28 heavy (non-hydrogen) atoms. The van der Waals surface area contributed by atoms with E-state index in [0.717, 1.165) is 48.3 Å². The molecule has 0 aliphatic carbocycles. The molecule has 1 aromatic heterocycles. The predicted molar refractivity (Wildman–Crippen MR) is 114 cm³/mol. The van der Waals surface area contributed by atoms with Crippen LogP contribution in [0.4, 0.5) is 0 Å². The summed E-state index contributed by atoms with van der Waals surface area (Å²) in [6.45, 7) is 7.44. The zero-order chi connectivity index (χ0) is 20.1. The maximum atomic E-state index is 8.55. The number of nitrogens with two attached hydrogens (primary N) is 2. The lowest BCUT2D eigenvalue weighted by Crippen LogP contribution is -2.37. The van der Waals surface area contributed by atoms with Crippen molar-refractivity contribution >= 4 is 5.71 Å². The highest BCUT2D eigenvalue weighted by Gasteiger charge is 2.21. The second-order valence-electron chi connectivity index (χ2n) is 7.23.